The Morgan fingerprint density at radius 1 is 1.04 bits per heavy atom. The molecule has 0 bridgehead atoms. The average Bonchev–Trinajstić information content (AvgIpc) is 2.93. The van der Waals surface area contributed by atoms with E-state index in [0.717, 1.165) is 15.6 Å². The number of thioether (sulfide) groups is 1. The Kier molecular flexibility index (Phi) is 11.6. The van der Waals surface area contributed by atoms with Crippen molar-refractivity contribution in [1.82, 2.24) is 10.6 Å². The van der Waals surface area contributed by atoms with Crippen molar-refractivity contribution in [2.45, 2.75) is 52.6 Å². The lowest BCUT2D eigenvalue weighted by Gasteiger charge is -2.11. The van der Waals surface area contributed by atoms with Crippen LogP contribution in [-0.4, -0.2) is 17.9 Å². The van der Waals surface area contributed by atoms with Crippen molar-refractivity contribution in [1.29, 1.82) is 0 Å². The zero-order valence-electron chi connectivity index (χ0n) is 14.7. The van der Waals surface area contributed by atoms with E-state index in [9.17, 15) is 5.11 Å². The van der Waals surface area contributed by atoms with E-state index in [1.54, 1.807) is 17.8 Å². The standard InChI is InChI=1S/C13H16Cl2N2OS.2C2H6/c1-7(2)12-13(17-11(6-18)16-12)19-10-4-8(14)3-9(15)5-10;2*1-2/h3-5,7,11,16-18H,6H2,1-2H3;2*1-2H3. The summed E-state index contributed by atoms with van der Waals surface area (Å²) in [5, 5.41) is 18.0. The monoisotopic (exact) mass is 378 g/mol. The minimum Gasteiger partial charge on any atom is -0.392 e. The lowest BCUT2D eigenvalue weighted by molar-refractivity contribution is 0.244. The number of halogens is 2. The van der Waals surface area contributed by atoms with Gasteiger partial charge >= 0.3 is 0 Å². The summed E-state index contributed by atoms with van der Waals surface area (Å²) < 4.78 is 0. The van der Waals surface area contributed by atoms with E-state index in [1.807, 2.05) is 39.8 Å². The van der Waals surface area contributed by atoms with E-state index < -0.39 is 0 Å². The van der Waals surface area contributed by atoms with Crippen LogP contribution in [-0.2, 0) is 0 Å². The topological polar surface area (TPSA) is 44.3 Å². The van der Waals surface area contributed by atoms with Crippen LogP contribution in [0, 0.1) is 5.92 Å². The zero-order valence-corrected chi connectivity index (χ0v) is 17.0. The van der Waals surface area contributed by atoms with Crippen LogP contribution in [0.15, 0.2) is 33.8 Å². The van der Waals surface area contributed by atoms with Gasteiger partial charge in [-0.05, 0) is 24.1 Å². The van der Waals surface area contributed by atoms with Gasteiger partial charge in [-0.25, -0.2) is 0 Å². The second kappa shape index (κ2) is 11.9. The van der Waals surface area contributed by atoms with E-state index in [0.29, 0.717) is 16.0 Å². The second-order valence-corrected chi connectivity index (χ2v) is 6.59. The Morgan fingerprint density at radius 2 is 1.57 bits per heavy atom. The minimum absolute atomic E-state index is 0.0383. The maximum Gasteiger partial charge on any atom is 0.121 e. The molecule has 1 aromatic carbocycles. The van der Waals surface area contributed by atoms with Crippen LogP contribution in [0.2, 0.25) is 10.0 Å². The Balaban J connectivity index is 0.00000112. The van der Waals surface area contributed by atoms with Gasteiger partial charge in [0.15, 0.2) is 0 Å². The highest BCUT2D eigenvalue weighted by atomic mass is 35.5. The smallest absolute Gasteiger partial charge is 0.121 e. The van der Waals surface area contributed by atoms with Gasteiger partial charge in [-0.2, -0.15) is 0 Å². The predicted octanol–water partition coefficient (Wildman–Crippen LogP) is 5.47. The van der Waals surface area contributed by atoms with Crippen molar-refractivity contribution in [3.63, 3.8) is 0 Å². The van der Waals surface area contributed by atoms with Gasteiger partial charge in [0.25, 0.3) is 0 Å². The van der Waals surface area contributed by atoms with Crippen molar-refractivity contribution in [2.24, 2.45) is 5.92 Å². The maximum atomic E-state index is 9.23. The molecule has 1 atom stereocenters. The largest absolute Gasteiger partial charge is 0.392 e. The fourth-order valence-electron chi connectivity index (χ4n) is 1.84. The van der Waals surface area contributed by atoms with Crippen LogP contribution in [0.3, 0.4) is 0 Å². The fourth-order valence-corrected chi connectivity index (χ4v) is 3.70. The molecule has 1 unspecified atom stereocenters. The lowest BCUT2D eigenvalue weighted by Crippen LogP contribution is -2.36. The van der Waals surface area contributed by atoms with Crippen LogP contribution in [0.4, 0.5) is 0 Å². The average molecular weight is 379 g/mol. The van der Waals surface area contributed by atoms with Crippen LogP contribution in [0.25, 0.3) is 0 Å². The first kappa shape index (κ1) is 22.4. The molecule has 23 heavy (non-hydrogen) atoms. The molecule has 0 fully saturated rings. The molecule has 0 amide bonds. The Morgan fingerprint density at radius 3 is 2.00 bits per heavy atom. The molecule has 1 aliphatic rings. The number of aliphatic hydroxyl groups excluding tert-OH is 1. The molecular formula is C17H28Cl2N2OS. The molecule has 3 nitrogen and oxygen atoms in total. The summed E-state index contributed by atoms with van der Waals surface area (Å²) in [7, 11) is 0. The molecule has 2 rings (SSSR count). The van der Waals surface area contributed by atoms with Crippen LogP contribution in [0.5, 0.6) is 0 Å². The molecule has 3 N–H and O–H groups in total. The molecule has 0 saturated carbocycles. The highest BCUT2D eigenvalue weighted by molar-refractivity contribution is 8.03. The molecule has 0 aromatic heterocycles. The molecule has 1 heterocycles. The van der Waals surface area contributed by atoms with Crippen molar-refractivity contribution in [2.75, 3.05) is 6.61 Å². The molecule has 0 radical (unpaired) electrons. The lowest BCUT2D eigenvalue weighted by atomic mass is 10.1. The van der Waals surface area contributed by atoms with Crippen molar-refractivity contribution >= 4 is 35.0 Å². The summed E-state index contributed by atoms with van der Waals surface area (Å²) in [5.41, 5.74) is 1.10. The maximum absolute atomic E-state index is 9.23. The van der Waals surface area contributed by atoms with E-state index in [2.05, 4.69) is 24.5 Å². The quantitative estimate of drug-likeness (QED) is 0.649. The zero-order chi connectivity index (χ0) is 18.0. The molecule has 1 aliphatic heterocycles. The number of rotatable bonds is 4. The Bertz CT molecular complexity index is 487. The molecule has 1 aromatic rings. The highest BCUT2D eigenvalue weighted by Crippen LogP contribution is 2.34. The first-order chi connectivity index (χ1) is 11.0. The van der Waals surface area contributed by atoms with Gasteiger partial charge in [-0.1, -0.05) is 76.5 Å². The van der Waals surface area contributed by atoms with Crippen molar-refractivity contribution < 1.29 is 5.11 Å². The molecule has 0 aliphatic carbocycles. The molecular weight excluding hydrogens is 351 g/mol. The van der Waals surface area contributed by atoms with Gasteiger partial charge in [0.1, 0.15) is 6.17 Å². The van der Waals surface area contributed by atoms with E-state index in [1.165, 1.54) is 0 Å². The SMILES string of the molecule is CC.CC.CC(C)C1=C(Sc2cc(Cl)cc(Cl)c2)NC(CO)N1. The summed E-state index contributed by atoms with van der Waals surface area (Å²) in [6, 6.07) is 5.45. The summed E-state index contributed by atoms with van der Waals surface area (Å²) in [5.74, 6) is 0.348. The molecule has 0 saturated heterocycles. The minimum atomic E-state index is -0.130. The number of hydrogen-bond donors (Lipinski definition) is 3. The van der Waals surface area contributed by atoms with E-state index in [-0.39, 0.29) is 12.8 Å². The van der Waals surface area contributed by atoms with Crippen molar-refractivity contribution in [3.8, 4) is 0 Å². The van der Waals surface area contributed by atoms with Crippen LogP contribution < -0.4 is 10.6 Å². The van der Waals surface area contributed by atoms with Gasteiger partial charge in [-0.3, -0.25) is 0 Å². The van der Waals surface area contributed by atoms with Gasteiger partial charge in [0.05, 0.1) is 11.6 Å². The second-order valence-electron chi connectivity index (χ2n) is 4.63. The normalized spacial score (nSPS) is 16.0. The van der Waals surface area contributed by atoms with E-state index >= 15 is 0 Å². The van der Waals surface area contributed by atoms with Crippen LogP contribution >= 0.6 is 35.0 Å². The summed E-state index contributed by atoms with van der Waals surface area (Å²) in [6.07, 6.45) is -0.130. The number of allylic oxidation sites excluding steroid dienone is 1. The highest BCUT2D eigenvalue weighted by Gasteiger charge is 2.24. The third-order valence-corrected chi connectivity index (χ3v) is 4.15. The predicted molar refractivity (Wildman–Crippen MR) is 104 cm³/mol. The Labute approximate surface area is 154 Å². The van der Waals surface area contributed by atoms with Crippen molar-refractivity contribution in [3.05, 3.63) is 39.0 Å². The molecule has 132 valence electrons. The number of aliphatic hydroxyl groups is 1. The van der Waals surface area contributed by atoms with Crippen LogP contribution in [0.1, 0.15) is 41.5 Å². The first-order valence-electron chi connectivity index (χ1n) is 8.01. The summed E-state index contributed by atoms with van der Waals surface area (Å²) in [4.78, 5) is 0.971. The summed E-state index contributed by atoms with van der Waals surface area (Å²) in [6.45, 7) is 12.3. The van der Waals surface area contributed by atoms with Gasteiger partial charge in [-0.15, -0.1) is 0 Å². The Hall–Kier alpha value is -0.550. The number of nitrogens with one attached hydrogen (secondary N) is 2. The van der Waals surface area contributed by atoms with E-state index in [4.69, 9.17) is 23.2 Å². The third-order valence-electron chi connectivity index (χ3n) is 2.70. The third kappa shape index (κ3) is 7.25. The van der Waals surface area contributed by atoms with Gasteiger partial charge in [0.2, 0.25) is 0 Å². The molecule has 0 spiro atoms. The summed E-state index contributed by atoms with van der Waals surface area (Å²) >= 11 is 13.6. The van der Waals surface area contributed by atoms with Gasteiger partial charge < -0.3 is 15.7 Å². The fraction of sp³-hybridized carbons (Fsp3) is 0.529. The molecule has 6 heteroatoms. The van der Waals surface area contributed by atoms with Gasteiger partial charge in [0, 0.05) is 20.6 Å². The first-order valence-corrected chi connectivity index (χ1v) is 9.59. The number of hydrogen-bond acceptors (Lipinski definition) is 4. The number of benzene rings is 1.